The van der Waals surface area contributed by atoms with Crippen LogP contribution in [-0.2, 0) is 17.8 Å². The van der Waals surface area contributed by atoms with E-state index in [-0.39, 0.29) is 5.91 Å². The Labute approximate surface area is 213 Å². The van der Waals surface area contributed by atoms with E-state index in [1.165, 1.54) is 11.1 Å². The van der Waals surface area contributed by atoms with Crippen LogP contribution in [0.15, 0.2) is 84.9 Å². The van der Waals surface area contributed by atoms with Crippen LogP contribution in [-0.4, -0.2) is 28.6 Å². The molecule has 0 radical (unpaired) electrons. The van der Waals surface area contributed by atoms with Gasteiger partial charge in [-0.3, -0.25) is 4.79 Å². The highest BCUT2D eigenvalue weighted by Crippen LogP contribution is 2.19. The number of nitrogens with one attached hydrogen (secondary N) is 1. The first-order valence-corrected chi connectivity index (χ1v) is 12.8. The Kier molecular flexibility index (Phi) is 9.32. The highest BCUT2D eigenvalue weighted by Gasteiger charge is 2.10. The molecule has 5 heteroatoms. The molecule has 1 heterocycles. The number of rotatable bonds is 13. The Hall–Kier alpha value is -3.86. The predicted molar refractivity (Wildman–Crippen MR) is 147 cm³/mol. The SMILES string of the molecule is Cc1cccc(OCCCn2c(CCCCCNC(=O)/C=C/c3ccccc3)nc3ccccc32)c1. The van der Waals surface area contributed by atoms with E-state index in [1.807, 2.05) is 54.6 Å². The van der Waals surface area contributed by atoms with Crippen molar-refractivity contribution >= 4 is 23.0 Å². The van der Waals surface area contributed by atoms with Gasteiger partial charge in [0.05, 0.1) is 17.6 Å². The molecule has 0 atom stereocenters. The third-order valence-electron chi connectivity index (χ3n) is 6.12. The summed E-state index contributed by atoms with van der Waals surface area (Å²) in [6, 6.07) is 26.4. The van der Waals surface area contributed by atoms with Gasteiger partial charge in [0, 0.05) is 25.6 Å². The standard InChI is InChI=1S/C31H35N3O2/c1-25-12-10-15-27(24-25)36-23-11-22-34-29-17-8-7-16-28(29)33-30(34)18-6-3-9-21-32-31(35)20-19-26-13-4-2-5-14-26/h2,4-5,7-8,10,12-17,19-20,24H,3,6,9,11,18,21-23H2,1H3,(H,32,35)/b20-19+. The van der Waals surface area contributed by atoms with Crippen molar-refractivity contribution in [2.24, 2.45) is 0 Å². The molecule has 0 aliphatic rings. The summed E-state index contributed by atoms with van der Waals surface area (Å²) >= 11 is 0. The number of imidazole rings is 1. The normalized spacial score (nSPS) is 11.2. The molecule has 36 heavy (non-hydrogen) atoms. The van der Waals surface area contributed by atoms with E-state index in [0.717, 1.165) is 61.3 Å². The molecular weight excluding hydrogens is 446 g/mol. The number of para-hydroxylation sites is 2. The fourth-order valence-corrected chi connectivity index (χ4v) is 4.28. The third kappa shape index (κ3) is 7.57. The number of benzene rings is 3. The number of carbonyl (C=O) groups excluding carboxylic acids is 1. The molecule has 1 aromatic heterocycles. The molecule has 4 rings (SSSR count). The van der Waals surface area contributed by atoms with Gasteiger partial charge < -0.3 is 14.6 Å². The van der Waals surface area contributed by atoms with E-state index in [0.29, 0.717) is 13.2 Å². The molecule has 4 aromatic rings. The van der Waals surface area contributed by atoms with E-state index in [2.05, 4.69) is 47.1 Å². The van der Waals surface area contributed by atoms with Gasteiger partial charge in [-0.15, -0.1) is 0 Å². The first-order chi connectivity index (χ1) is 17.7. The Morgan fingerprint density at radius 3 is 2.64 bits per heavy atom. The van der Waals surface area contributed by atoms with Gasteiger partial charge in [-0.05, 0) is 67.7 Å². The van der Waals surface area contributed by atoms with Crippen molar-refractivity contribution in [2.75, 3.05) is 13.2 Å². The number of aryl methyl sites for hydroxylation is 3. The number of carbonyl (C=O) groups is 1. The van der Waals surface area contributed by atoms with Gasteiger partial charge >= 0.3 is 0 Å². The summed E-state index contributed by atoms with van der Waals surface area (Å²) in [5.41, 5.74) is 4.46. The highest BCUT2D eigenvalue weighted by molar-refractivity contribution is 5.91. The van der Waals surface area contributed by atoms with E-state index < -0.39 is 0 Å². The molecule has 5 nitrogen and oxygen atoms in total. The lowest BCUT2D eigenvalue weighted by atomic mass is 10.2. The van der Waals surface area contributed by atoms with Gasteiger partial charge in [-0.25, -0.2) is 4.98 Å². The summed E-state index contributed by atoms with van der Waals surface area (Å²) in [5, 5.41) is 2.98. The first-order valence-electron chi connectivity index (χ1n) is 12.8. The second-order valence-corrected chi connectivity index (χ2v) is 9.03. The number of aromatic nitrogens is 2. The molecule has 0 spiro atoms. The number of nitrogens with zero attached hydrogens (tertiary/aromatic N) is 2. The lowest BCUT2D eigenvalue weighted by Crippen LogP contribution is -2.22. The van der Waals surface area contributed by atoms with Crippen molar-refractivity contribution in [3.63, 3.8) is 0 Å². The van der Waals surface area contributed by atoms with Crippen LogP contribution in [0.3, 0.4) is 0 Å². The lowest BCUT2D eigenvalue weighted by Gasteiger charge is -2.11. The van der Waals surface area contributed by atoms with Crippen LogP contribution in [0.5, 0.6) is 5.75 Å². The van der Waals surface area contributed by atoms with E-state index in [9.17, 15) is 4.79 Å². The van der Waals surface area contributed by atoms with E-state index >= 15 is 0 Å². The Bertz CT molecular complexity index is 1280. The maximum Gasteiger partial charge on any atom is 0.243 e. The molecule has 0 fully saturated rings. The fourth-order valence-electron chi connectivity index (χ4n) is 4.28. The molecule has 3 aromatic carbocycles. The summed E-state index contributed by atoms with van der Waals surface area (Å²) in [6.07, 6.45) is 8.32. The molecule has 0 saturated heterocycles. The van der Waals surface area contributed by atoms with Crippen molar-refractivity contribution in [1.29, 1.82) is 0 Å². The zero-order valence-electron chi connectivity index (χ0n) is 21.0. The van der Waals surface area contributed by atoms with E-state index in [4.69, 9.17) is 9.72 Å². The predicted octanol–water partition coefficient (Wildman–Crippen LogP) is 6.36. The molecule has 0 saturated carbocycles. The number of fused-ring (bicyclic) bond motifs is 1. The zero-order valence-corrected chi connectivity index (χ0v) is 21.0. The minimum Gasteiger partial charge on any atom is -0.494 e. The molecular formula is C31H35N3O2. The van der Waals surface area contributed by atoms with Crippen LogP contribution in [0.1, 0.15) is 42.6 Å². The van der Waals surface area contributed by atoms with Gasteiger partial charge in [0.15, 0.2) is 0 Å². The van der Waals surface area contributed by atoms with Crippen LogP contribution in [0.25, 0.3) is 17.1 Å². The van der Waals surface area contributed by atoms with Crippen LogP contribution in [0, 0.1) is 6.92 Å². The highest BCUT2D eigenvalue weighted by atomic mass is 16.5. The summed E-state index contributed by atoms with van der Waals surface area (Å²) in [6.45, 7) is 4.32. The van der Waals surface area contributed by atoms with Crippen molar-refractivity contribution in [1.82, 2.24) is 14.9 Å². The van der Waals surface area contributed by atoms with Gasteiger partial charge in [0.1, 0.15) is 11.6 Å². The molecule has 0 aliphatic carbocycles. The zero-order chi connectivity index (χ0) is 25.0. The summed E-state index contributed by atoms with van der Waals surface area (Å²) in [5.74, 6) is 2.00. The Morgan fingerprint density at radius 2 is 1.78 bits per heavy atom. The molecule has 0 aliphatic heterocycles. The number of hydrogen-bond donors (Lipinski definition) is 1. The largest absolute Gasteiger partial charge is 0.494 e. The van der Waals surface area contributed by atoms with Crippen molar-refractivity contribution in [2.45, 2.75) is 45.6 Å². The number of hydrogen-bond acceptors (Lipinski definition) is 3. The van der Waals surface area contributed by atoms with Crippen molar-refractivity contribution in [3.05, 3.63) is 102 Å². The van der Waals surface area contributed by atoms with Gasteiger partial charge in [-0.1, -0.05) is 61.0 Å². The van der Waals surface area contributed by atoms with Gasteiger partial charge in [0.2, 0.25) is 5.91 Å². The average molecular weight is 482 g/mol. The molecule has 0 unspecified atom stereocenters. The maximum atomic E-state index is 12.0. The smallest absolute Gasteiger partial charge is 0.243 e. The van der Waals surface area contributed by atoms with Crippen LogP contribution in [0.2, 0.25) is 0 Å². The topological polar surface area (TPSA) is 56.1 Å². The lowest BCUT2D eigenvalue weighted by molar-refractivity contribution is -0.116. The molecule has 186 valence electrons. The van der Waals surface area contributed by atoms with Crippen LogP contribution in [0.4, 0.5) is 0 Å². The van der Waals surface area contributed by atoms with Crippen LogP contribution < -0.4 is 10.1 Å². The monoisotopic (exact) mass is 481 g/mol. The number of amides is 1. The Morgan fingerprint density at radius 1 is 0.944 bits per heavy atom. The maximum absolute atomic E-state index is 12.0. The minimum atomic E-state index is -0.0477. The van der Waals surface area contributed by atoms with Gasteiger partial charge in [-0.2, -0.15) is 0 Å². The van der Waals surface area contributed by atoms with Gasteiger partial charge in [0.25, 0.3) is 0 Å². The number of unbranched alkanes of at least 4 members (excludes halogenated alkanes) is 2. The quantitative estimate of drug-likeness (QED) is 0.179. The summed E-state index contributed by atoms with van der Waals surface area (Å²) in [7, 11) is 0. The first kappa shape index (κ1) is 25.2. The Balaban J connectivity index is 1.21. The fraction of sp³-hybridized carbons (Fsp3) is 0.290. The van der Waals surface area contributed by atoms with E-state index in [1.54, 1.807) is 6.08 Å². The second-order valence-electron chi connectivity index (χ2n) is 9.03. The summed E-state index contributed by atoms with van der Waals surface area (Å²) < 4.78 is 8.29. The van der Waals surface area contributed by atoms with Crippen molar-refractivity contribution < 1.29 is 9.53 Å². The number of ether oxygens (including phenoxy) is 1. The minimum absolute atomic E-state index is 0.0477. The second kappa shape index (κ2) is 13.3. The summed E-state index contributed by atoms with van der Waals surface area (Å²) in [4.78, 5) is 16.9. The molecule has 1 N–H and O–H groups in total. The average Bonchev–Trinajstić information content (AvgIpc) is 3.25. The third-order valence-corrected chi connectivity index (χ3v) is 6.12. The van der Waals surface area contributed by atoms with Crippen LogP contribution >= 0.6 is 0 Å². The molecule has 0 bridgehead atoms. The van der Waals surface area contributed by atoms with Crippen molar-refractivity contribution in [3.8, 4) is 5.75 Å². The molecule has 1 amide bonds.